The highest BCUT2D eigenvalue weighted by Gasteiger charge is 2.05. The molecule has 3 aromatic rings. The third-order valence-corrected chi connectivity index (χ3v) is 4.28. The molecule has 0 unspecified atom stereocenters. The number of ether oxygens (including phenoxy) is 1. The summed E-state index contributed by atoms with van der Waals surface area (Å²) in [7, 11) is 0. The summed E-state index contributed by atoms with van der Waals surface area (Å²) in [6, 6.07) is 16.6. The third-order valence-electron chi connectivity index (χ3n) is 4.28. The molecule has 1 heterocycles. The van der Waals surface area contributed by atoms with Gasteiger partial charge in [0.1, 0.15) is 5.75 Å². The number of pyridine rings is 1. The van der Waals surface area contributed by atoms with Gasteiger partial charge in [-0.3, -0.25) is 0 Å². The minimum Gasteiger partial charge on any atom is -0.493 e. The lowest BCUT2D eigenvalue weighted by Gasteiger charge is -2.10. The lowest BCUT2D eigenvalue weighted by molar-refractivity contribution is 0.308. The molecule has 1 aromatic heterocycles. The van der Waals surface area contributed by atoms with Crippen LogP contribution in [0.1, 0.15) is 45.4 Å². The molecule has 0 aliphatic heterocycles. The summed E-state index contributed by atoms with van der Waals surface area (Å²) in [5.74, 6) is 0.953. The minimum atomic E-state index is 0.790. The van der Waals surface area contributed by atoms with E-state index >= 15 is 0 Å². The smallest absolute Gasteiger partial charge is 0.128 e. The van der Waals surface area contributed by atoms with E-state index in [9.17, 15) is 0 Å². The molecule has 2 aromatic carbocycles. The van der Waals surface area contributed by atoms with Crippen LogP contribution in [0, 0.1) is 0 Å². The Morgan fingerprint density at radius 1 is 0.826 bits per heavy atom. The molecule has 0 radical (unpaired) electrons. The normalized spacial score (nSPS) is 11.2. The molecule has 0 N–H and O–H groups in total. The first-order valence-electron chi connectivity index (χ1n) is 8.80. The van der Waals surface area contributed by atoms with Crippen molar-refractivity contribution in [2.24, 2.45) is 0 Å². The van der Waals surface area contributed by atoms with Gasteiger partial charge in [0, 0.05) is 10.8 Å². The van der Waals surface area contributed by atoms with Crippen LogP contribution in [0.5, 0.6) is 5.75 Å². The fourth-order valence-electron chi connectivity index (χ4n) is 2.96. The number of hydrogen-bond donors (Lipinski definition) is 0. The number of aromatic nitrogens is 1. The molecule has 0 bridgehead atoms. The van der Waals surface area contributed by atoms with Gasteiger partial charge in [-0.05, 0) is 30.7 Å². The van der Waals surface area contributed by atoms with Crippen LogP contribution in [0.4, 0.5) is 0 Å². The number of fused-ring (bicyclic) bond motifs is 2. The average Bonchev–Trinajstić information content (AvgIpc) is 2.59. The second-order valence-electron chi connectivity index (χ2n) is 6.12. The van der Waals surface area contributed by atoms with Crippen molar-refractivity contribution in [1.82, 2.24) is 4.98 Å². The van der Waals surface area contributed by atoms with Gasteiger partial charge >= 0.3 is 0 Å². The maximum Gasteiger partial charge on any atom is 0.128 e. The molecule has 0 atom stereocenters. The molecule has 0 fully saturated rings. The second kappa shape index (κ2) is 7.96. The molecular weight excluding hydrogens is 282 g/mol. The minimum absolute atomic E-state index is 0.790. The van der Waals surface area contributed by atoms with E-state index in [1.165, 1.54) is 32.1 Å². The van der Waals surface area contributed by atoms with E-state index in [0.717, 1.165) is 40.6 Å². The Balaban J connectivity index is 1.67. The van der Waals surface area contributed by atoms with Crippen LogP contribution < -0.4 is 4.74 Å². The van der Waals surface area contributed by atoms with E-state index < -0.39 is 0 Å². The fourth-order valence-corrected chi connectivity index (χ4v) is 2.96. The first-order valence-corrected chi connectivity index (χ1v) is 8.80. The van der Waals surface area contributed by atoms with E-state index in [4.69, 9.17) is 9.72 Å². The average molecular weight is 307 g/mol. The summed E-state index contributed by atoms with van der Waals surface area (Å²) in [5, 5.41) is 2.27. The van der Waals surface area contributed by atoms with E-state index in [1.807, 2.05) is 12.1 Å². The van der Waals surface area contributed by atoms with Gasteiger partial charge in [-0.25, -0.2) is 4.98 Å². The number of nitrogens with zero attached hydrogens (tertiary/aromatic N) is 1. The Kier molecular flexibility index (Phi) is 5.46. The molecule has 23 heavy (non-hydrogen) atoms. The molecule has 0 saturated carbocycles. The zero-order valence-corrected chi connectivity index (χ0v) is 13.9. The fraction of sp³-hybridized carbons (Fsp3) is 0.381. The molecule has 0 aliphatic carbocycles. The number of benzene rings is 2. The summed E-state index contributed by atoms with van der Waals surface area (Å²) >= 11 is 0. The van der Waals surface area contributed by atoms with Gasteiger partial charge < -0.3 is 4.74 Å². The van der Waals surface area contributed by atoms with Gasteiger partial charge in [0.25, 0.3) is 0 Å². The van der Waals surface area contributed by atoms with Gasteiger partial charge in [-0.15, -0.1) is 0 Å². The maximum absolute atomic E-state index is 6.03. The summed E-state index contributed by atoms with van der Waals surface area (Å²) in [4.78, 5) is 4.74. The molecule has 2 nitrogen and oxygen atoms in total. The van der Waals surface area contributed by atoms with Crippen LogP contribution in [0.15, 0.2) is 48.5 Å². The molecule has 3 rings (SSSR count). The molecule has 120 valence electrons. The van der Waals surface area contributed by atoms with Crippen LogP contribution in [0.2, 0.25) is 0 Å². The van der Waals surface area contributed by atoms with Gasteiger partial charge in [-0.2, -0.15) is 0 Å². The number of hydrogen-bond acceptors (Lipinski definition) is 2. The van der Waals surface area contributed by atoms with E-state index in [-0.39, 0.29) is 0 Å². The standard InChI is InChI=1S/C21H25NO/c1-2-3-4-5-6-9-15-23-21-14-10-13-20-18(21)16-17-11-7-8-12-19(17)22-20/h7-8,10-14,16H,2-6,9,15H2,1H3. The molecule has 0 spiro atoms. The molecule has 0 amide bonds. The first-order chi connectivity index (χ1) is 11.4. The Morgan fingerprint density at radius 3 is 2.52 bits per heavy atom. The van der Waals surface area contributed by atoms with E-state index in [2.05, 4.69) is 43.3 Å². The Bertz CT molecular complexity index is 766. The third kappa shape index (κ3) is 4.01. The van der Waals surface area contributed by atoms with Gasteiger partial charge in [0.15, 0.2) is 0 Å². The van der Waals surface area contributed by atoms with E-state index in [0.29, 0.717) is 0 Å². The second-order valence-corrected chi connectivity index (χ2v) is 6.12. The predicted octanol–water partition coefficient (Wildman–Crippen LogP) is 6.13. The van der Waals surface area contributed by atoms with Crippen molar-refractivity contribution in [3.63, 3.8) is 0 Å². The molecular formula is C21H25NO. The van der Waals surface area contributed by atoms with Crippen molar-refractivity contribution in [3.8, 4) is 5.75 Å². The predicted molar refractivity (Wildman–Crippen MR) is 98.1 cm³/mol. The summed E-state index contributed by atoms with van der Waals surface area (Å²) in [6.07, 6.45) is 7.70. The monoisotopic (exact) mass is 307 g/mol. The summed E-state index contributed by atoms with van der Waals surface area (Å²) in [5.41, 5.74) is 2.04. The van der Waals surface area contributed by atoms with Crippen molar-refractivity contribution in [1.29, 1.82) is 0 Å². The largest absolute Gasteiger partial charge is 0.493 e. The van der Waals surface area contributed by atoms with Crippen LogP contribution in [-0.4, -0.2) is 11.6 Å². The van der Waals surface area contributed by atoms with Gasteiger partial charge in [-0.1, -0.05) is 63.3 Å². The van der Waals surface area contributed by atoms with Crippen LogP contribution in [0.3, 0.4) is 0 Å². The zero-order valence-electron chi connectivity index (χ0n) is 13.9. The van der Waals surface area contributed by atoms with Crippen LogP contribution in [-0.2, 0) is 0 Å². The van der Waals surface area contributed by atoms with Crippen molar-refractivity contribution < 1.29 is 4.74 Å². The van der Waals surface area contributed by atoms with Gasteiger partial charge in [0.2, 0.25) is 0 Å². The number of para-hydroxylation sites is 1. The Morgan fingerprint density at radius 2 is 1.61 bits per heavy atom. The van der Waals surface area contributed by atoms with Gasteiger partial charge in [0.05, 0.1) is 17.6 Å². The maximum atomic E-state index is 6.03. The topological polar surface area (TPSA) is 22.1 Å². The highest BCUT2D eigenvalue weighted by Crippen LogP contribution is 2.27. The van der Waals surface area contributed by atoms with Crippen LogP contribution in [0.25, 0.3) is 21.8 Å². The highest BCUT2D eigenvalue weighted by atomic mass is 16.5. The number of unbranched alkanes of at least 4 members (excludes halogenated alkanes) is 5. The summed E-state index contributed by atoms with van der Waals surface area (Å²) < 4.78 is 6.03. The van der Waals surface area contributed by atoms with Crippen molar-refractivity contribution in [3.05, 3.63) is 48.5 Å². The lowest BCUT2D eigenvalue weighted by Crippen LogP contribution is -1.98. The molecule has 2 heteroatoms. The lowest BCUT2D eigenvalue weighted by atomic mass is 10.1. The van der Waals surface area contributed by atoms with Crippen molar-refractivity contribution >= 4 is 21.8 Å². The Hall–Kier alpha value is -2.09. The van der Waals surface area contributed by atoms with E-state index in [1.54, 1.807) is 0 Å². The zero-order chi connectivity index (χ0) is 15.9. The SMILES string of the molecule is CCCCCCCCOc1cccc2nc3ccccc3cc12. The molecule has 0 saturated heterocycles. The quantitative estimate of drug-likeness (QED) is 0.369. The Labute approximate surface area is 138 Å². The van der Waals surface area contributed by atoms with Crippen LogP contribution >= 0.6 is 0 Å². The molecule has 0 aliphatic rings. The van der Waals surface area contributed by atoms with Crippen molar-refractivity contribution in [2.45, 2.75) is 45.4 Å². The summed E-state index contributed by atoms with van der Waals surface area (Å²) in [6.45, 7) is 3.04. The number of rotatable bonds is 8. The van der Waals surface area contributed by atoms with Crippen molar-refractivity contribution in [2.75, 3.05) is 6.61 Å². The highest BCUT2D eigenvalue weighted by molar-refractivity contribution is 5.95. The first kappa shape index (κ1) is 15.8.